The molecule has 3 unspecified atom stereocenters. The molecular weight excluding hydrogens is 204 g/mol. The van der Waals surface area contributed by atoms with E-state index in [1.165, 1.54) is 26.1 Å². The zero-order valence-corrected chi connectivity index (χ0v) is 10.4. The molecule has 4 heteroatoms. The quantitative estimate of drug-likeness (QED) is 0.728. The number of methoxy groups -OCH3 is 1. The van der Waals surface area contributed by atoms with E-state index in [0.29, 0.717) is 12.0 Å². The van der Waals surface area contributed by atoms with E-state index in [0.717, 1.165) is 25.7 Å². The molecule has 16 heavy (non-hydrogen) atoms. The molecule has 0 saturated carbocycles. The molecule has 2 aliphatic rings. The fraction of sp³-hybridized carbons (Fsp3) is 1.00. The van der Waals surface area contributed by atoms with Gasteiger partial charge in [0.2, 0.25) is 0 Å². The first-order valence-electron chi connectivity index (χ1n) is 6.29. The number of rotatable bonds is 5. The van der Waals surface area contributed by atoms with Gasteiger partial charge in [-0.3, -0.25) is 0 Å². The minimum absolute atomic E-state index is 0.543. The third-order valence-electron chi connectivity index (χ3n) is 3.83. The maximum absolute atomic E-state index is 5.53. The summed E-state index contributed by atoms with van der Waals surface area (Å²) >= 11 is 0. The van der Waals surface area contributed by atoms with E-state index >= 15 is 0 Å². The van der Waals surface area contributed by atoms with Gasteiger partial charge in [0.05, 0.1) is 19.8 Å². The lowest BCUT2D eigenvalue weighted by molar-refractivity contribution is 0.147. The van der Waals surface area contributed by atoms with E-state index < -0.39 is 0 Å². The van der Waals surface area contributed by atoms with Crippen LogP contribution in [0, 0.1) is 11.8 Å². The summed E-state index contributed by atoms with van der Waals surface area (Å²) in [6.07, 6.45) is 1.28. The van der Waals surface area contributed by atoms with Gasteiger partial charge in [0.1, 0.15) is 0 Å². The van der Waals surface area contributed by atoms with Crippen molar-refractivity contribution in [1.82, 2.24) is 10.2 Å². The van der Waals surface area contributed by atoms with Crippen LogP contribution < -0.4 is 5.32 Å². The smallest absolute Gasteiger partial charge is 0.0623 e. The summed E-state index contributed by atoms with van der Waals surface area (Å²) < 4.78 is 10.8. The third-order valence-corrected chi connectivity index (χ3v) is 3.83. The number of nitrogens with zero attached hydrogens (tertiary/aromatic N) is 1. The highest BCUT2D eigenvalue weighted by Gasteiger charge is 2.31. The second-order valence-corrected chi connectivity index (χ2v) is 5.06. The molecular formula is C12H24N2O2. The average molecular weight is 228 g/mol. The molecule has 1 N–H and O–H groups in total. The van der Waals surface area contributed by atoms with E-state index in [-0.39, 0.29) is 0 Å². The molecule has 2 fully saturated rings. The van der Waals surface area contributed by atoms with Crippen molar-refractivity contribution < 1.29 is 9.47 Å². The SMILES string of the molecule is CNC1COCC1CN1CCC(COC)C1. The van der Waals surface area contributed by atoms with Gasteiger partial charge in [0.15, 0.2) is 0 Å². The first kappa shape index (κ1) is 12.3. The first-order valence-corrected chi connectivity index (χ1v) is 6.29. The summed E-state index contributed by atoms with van der Waals surface area (Å²) in [7, 11) is 3.83. The molecule has 0 aromatic rings. The van der Waals surface area contributed by atoms with Crippen LogP contribution in [0.3, 0.4) is 0 Å². The van der Waals surface area contributed by atoms with E-state index in [1.54, 1.807) is 7.11 Å². The van der Waals surface area contributed by atoms with Crippen LogP contribution in [0.4, 0.5) is 0 Å². The van der Waals surface area contributed by atoms with Gasteiger partial charge >= 0.3 is 0 Å². The second kappa shape index (κ2) is 5.96. The zero-order valence-electron chi connectivity index (χ0n) is 10.4. The maximum Gasteiger partial charge on any atom is 0.0623 e. The monoisotopic (exact) mass is 228 g/mol. The molecule has 0 aromatic heterocycles. The summed E-state index contributed by atoms with van der Waals surface area (Å²) in [6.45, 7) is 6.29. The molecule has 0 bridgehead atoms. The molecule has 0 aromatic carbocycles. The number of nitrogens with one attached hydrogen (secondary N) is 1. The van der Waals surface area contributed by atoms with Crippen LogP contribution in [0.2, 0.25) is 0 Å². The Labute approximate surface area is 98.3 Å². The summed E-state index contributed by atoms with van der Waals surface area (Å²) in [5.41, 5.74) is 0. The van der Waals surface area contributed by atoms with Crippen molar-refractivity contribution in [3.05, 3.63) is 0 Å². The second-order valence-electron chi connectivity index (χ2n) is 5.06. The predicted molar refractivity (Wildman–Crippen MR) is 63.6 cm³/mol. The minimum Gasteiger partial charge on any atom is -0.384 e. The fourth-order valence-corrected chi connectivity index (χ4v) is 2.88. The number of likely N-dealkylation sites (N-methyl/N-ethyl adjacent to an activating group) is 1. The Morgan fingerprint density at radius 2 is 2.31 bits per heavy atom. The standard InChI is InChI=1S/C12H24N2O2/c1-13-12-9-16-8-11(12)6-14-4-3-10(5-14)7-15-2/h10-13H,3-9H2,1-2H3. The number of ether oxygens (including phenoxy) is 2. The minimum atomic E-state index is 0.543. The van der Waals surface area contributed by atoms with Crippen LogP contribution in [0.25, 0.3) is 0 Å². The Morgan fingerprint density at radius 1 is 1.44 bits per heavy atom. The van der Waals surface area contributed by atoms with Crippen LogP contribution in [-0.4, -0.2) is 64.6 Å². The highest BCUT2D eigenvalue weighted by molar-refractivity contribution is 4.85. The van der Waals surface area contributed by atoms with Gasteiger partial charge in [0, 0.05) is 32.2 Å². The van der Waals surface area contributed by atoms with Crippen LogP contribution in [0.15, 0.2) is 0 Å². The van der Waals surface area contributed by atoms with E-state index in [4.69, 9.17) is 9.47 Å². The van der Waals surface area contributed by atoms with Crippen LogP contribution in [0.1, 0.15) is 6.42 Å². The molecule has 0 spiro atoms. The summed E-state index contributed by atoms with van der Waals surface area (Å²) in [5, 5.41) is 3.35. The molecule has 2 saturated heterocycles. The Balaban J connectivity index is 1.74. The van der Waals surface area contributed by atoms with Gasteiger partial charge in [-0.1, -0.05) is 0 Å². The summed E-state index contributed by atoms with van der Waals surface area (Å²) in [4.78, 5) is 2.56. The van der Waals surface area contributed by atoms with Crippen LogP contribution in [0.5, 0.6) is 0 Å². The summed E-state index contributed by atoms with van der Waals surface area (Å²) in [5.74, 6) is 1.40. The average Bonchev–Trinajstić information content (AvgIpc) is 2.89. The van der Waals surface area contributed by atoms with Crippen molar-refractivity contribution in [2.24, 2.45) is 11.8 Å². The normalized spacial score (nSPS) is 36.0. The Kier molecular flexibility index (Phi) is 4.58. The van der Waals surface area contributed by atoms with Crippen molar-refractivity contribution in [3.63, 3.8) is 0 Å². The molecule has 2 heterocycles. The van der Waals surface area contributed by atoms with Crippen molar-refractivity contribution in [2.75, 3.05) is 53.6 Å². The fourth-order valence-electron chi connectivity index (χ4n) is 2.88. The topological polar surface area (TPSA) is 33.7 Å². The van der Waals surface area contributed by atoms with Gasteiger partial charge < -0.3 is 19.7 Å². The molecule has 0 aliphatic carbocycles. The van der Waals surface area contributed by atoms with Gasteiger partial charge in [-0.2, -0.15) is 0 Å². The van der Waals surface area contributed by atoms with Gasteiger partial charge in [-0.05, 0) is 25.9 Å². The molecule has 94 valence electrons. The number of hydrogen-bond acceptors (Lipinski definition) is 4. The Bertz CT molecular complexity index is 213. The van der Waals surface area contributed by atoms with E-state index in [2.05, 4.69) is 10.2 Å². The highest BCUT2D eigenvalue weighted by Crippen LogP contribution is 2.21. The molecule has 4 nitrogen and oxygen atoms in total. The summed E-state index contributed by atoms with van der Waals surface area (Å²) in [6, 6.07) is 0.543. The van der Waals surface area contributed by atoms with Gasteiger partial charge in [-0.25, -0.2) is 0 Å². The number of likely N-dealkylation sites (tertiary alicyclic amines) is 1. The van der Waals surface area contributed by atoms with E-state index in [9.17, 15) is 0 Å². The first-order chi connectivity index (χ1) is 7.83. The van der Waals surface area contributed by atoms with Crippen molar-refractivity contribution in [2.45, 2.75) is 12.5 Å². The Hall–Kier alpha value is -0.160. The van der Waals surface area contributed by atoms with Crippen molar-refractivity contribution in [1.29, 1.82) is 0 Å². The molecule has 3 atom stereocenters. The van der Waals surface area contributed by atoms with Crippen molar-refractivity contribution >= 4 is 0 Å². The molecule has 0 amide bonds. The highest BCUT2D eigenvalue weighted by atomic mass is 16.5. The van der Waals surface area contributed by atoms with Gasteiger partial charge in [0.25, 0.3) is 0 Å². The lowest BCUT2D eigenvalue weighted by Crippen LogP contribution is -2.39. The molecule has 0 radical (unpaired) electrons. The lowest BCUT2D eigenvalue weighted by atomic mass is 10.0. The van der Waals surface area contributed by atoms with Crippen LogP contribution >= 0.6 is 0 Å². The van der Waals surface area contributed by atoms with Crippen molar-refractivity contribution in [3.8, 4) is 0 Å². The third kappa shape index (κ3) is 2.94. The largest absolute Gasteiger partial charge is 0.384 e. The molecule has 2 aliphatic heterocycles. The lowest BCUT2D eigenvalue weighted by Gasteiger charge is -2.23. The molecule has 2 rings (SSSR count). The predicted octanol–water partition coefficient (Wildman–Crippen LogP) is 0.189. The zero-order chi connectivity index (χ0) is 11.4. The maximum atomic E-state index is 5.53. The van der Waals surface area contributed by atoms with Gasteiger partial charge in [-0.15, -0.1) is 0 Å². The van der Waals surface area contributed by atoms with Crippen LogP contribution in [-0.2, 0) is 9.47 Å². The Morgan fingerprint density at radius 3 is 3.06 bits per heavy atom. The van der Waals surface area contributed by atoms with E-state index in [1.807, 2.05) is 7.05 Å². The number of hydrogen-bond donors (Lipinski definition) is 1.